The molecular formula is C18H24ClN3O3S2. The van der Waals surface area contributed by atoms with Gasteiger partial charge in [0.1, 0.15) is 0 Å². The quantitative estimate of drug-likeness (QED) is 0.762. The monoisotopic (exact) mass is 429 g/mol. The van der Waals surface area contributed by atoms with Crippen LogP contribution in [0.4, 0.5) is 5.13 Å². The highest BCUT2D eigenvalue weighted by atomic mass is 35.5. The molecule has 6 nitrogen and oxygen atoms in total. The zero-order valence-electron chi connectivity index (χ0n) is 15.3. The number of hydrogen-bond acceptors (Lipinski definition) is 6. The number of carbonyl (C=O) groups excluding carboxylic acids is 1. The number of amides is 1. The molecule has 3 rings (SSSR count). The van der Waals surface area contributed by atoms with Crippen LogP contribution in [0.1, 0.15) is 24.6 Å². The number of anilines is 1. The molecule has 1 aromatic heterocycles. The summed E-state index contributed by atoms with van der Waals surface area (Å²) in [6, 6.07) is 9.78. The third kappa shape index (κ3) is 4.34. The van der Waals surface area contributed by atoms with E-state index in [0.717, 1.165) is 28.8 Å². The number of piperidine rings is 1. The minimum Gasteiger partial charge on any atom is -0.317 e. The van der Waals surface area contributed by atoms with E-state index >= 15 is 0 Å². The second kappa shape index (κ2) is 8.68. The normalized spacial score (nSPS) is 16.4. The summed E-state index contributed by atoms with van der Waals surface area (Å²) in [5, 5.41) is 6.35. The van der Waals surface area contributed by atoms with Gasteiger partial charge in [0.15, 0.2) is 19.7 Å². The van der Waals surface area contributed by atoms with Crippen LogP contribution in [0, 0.1) is 0 Å². The first kappa shape index (κ1) is 21.8. The van der Waals surface area contributed by atoms with E-state index in [-0.39, 0.29) is 25.2 Å². The van der Waals surface area contributed by atoms with E-state index < -0.39 is 20.5 Å². The predicted octanol–water partition coefficient (Wildman–Crippen LogP) is 2.90. The fraction of sp³-hybridized carbons (Fsp3) is 0.444. The van der Waals surface area contributed by atoms with Gasteiger partial charge in [-0.15, -0.1) is 23.7 Å². The minimum atomic E-state index is -3.54. The Morgan fingerprint density at radius 1 is 1.26 bits per heavy atom. The summed E-state index contributed by atoms with van der Waals surface area (Å²) >= 11 is 1.40. The second-order valence-electron chi connectivity index (χ2n) is 6.48. The second-order valence-corrected chi connectivity index (χ2v) is 9.89. The van der Waals surface area contributed by atoms with Crippen LogP contribution >= 0.6 is 23.7 Å². The molecule has 0 atom stereocenters. The molecule has 0 saturated carbocycles. The van der Waals surface area contributed by atoms with Gasteiger partial charge in [0.2, 0.25) is 5.91 Å². The highest BCUT2D eigenvalue weighted by molar-refractivity contribution is 7.92. The van der Waals surface area contributed by atoms with Crippen LogP contribution in [-0.4, -0.2) is 43.4 Å². The molecular weight excluding hydrogens is 406 g/mol. The Bertz CT molecular complexity index is 892. The average Bonchev–Trinajstić information content (AvgIpc) is 3.05. The predicted molar refractivity (Wildman–Crippen MR) is 112 cm³/mol. The fourth-order valence-corrected chi connectivity index (χ4v) is 5.53. The highest BCUT2D eigenvalue weighted by Gasteiger charge is 2.48. The summed E-state index contributed by atoms with van der Waals surface area (Å²) in [7, 11) is -3.54. The smallest absolute Gasteiger partial charge is 0.247 e. The van der Waals surface area contributed by atoms with Gasteiger partial charge in [0.25, 0.3) is 0 Å². The topological polar surface area (TPSA) is 88.2 Å². The van der Waals surface area contributed by atoms with Gasteiger partial charge in [-0.1, -0.05) is 37.3 Å². The molecule has 148 valence electrons. The SMILES string of the molecule is CCc1sc(NC(=O)C2(S(C)(=O)=O)CCNCC2)nc1-c1ccccc1.Cl. The summed E-state index contributed by atoms with van der Waals surface area (Å²) in [6.45, 7) is 3.05. The van der Waals surface area contributed by atoms with E-state index in [9.17, 15) is 13.2 Å². The Morgan fingerprint density at radius 2 is 1.89 bits per heavy atom. The zero-order valence-corrected chi connectivity index (χ0v) is 17.8. The molecule has 0 spiro atoms. The Kier molecular flexibility index (Phi) is 7.02. The van der Waals surface area contributed by atoms with Crippen molar-refractivity contribution in [2.75, 3.05) is 24.7 Å². The van der Waals surface area contributed by atoms with Gasteiger partial charge in [0.05, 0.1) is 5.69 Å². The molecule has 27 heavy (non-hydrogen) atoms. The molecule has 9 heteroatoms. The number of nitrogens with zero attached hydrogens (tertiary/aromatic N) is 1. The van der Waals surface area contributed by atoms with E-state index in [1.165, 1.54) is 11.3 Å². The van der Waals surface area contributed by atoms with Crippen molar-refractivity contribution in [3.8, 4) is 11.3 Å². The summed E-state index contributed by atoms with van der Waals surface area (Å²) in [4.78, 5) is 18.6. The molecule has 0 radical (unpaired) electrons. The standard InChI is InChI=1S/C18H23N3O3S2.ClH/c1-3-14-15(13-7-5-4-6-8-13)20-17(25-14)21-16(22)18(26(2,23)24)9-11-19-12-10-18;/h4-8,19H,3,9-12H2,1-2H3,(H,20,21,22);1H. The van der Waals surface area contributed by atoms with E-state index in [0.29, 0.717) is 18.2 Å². The summed E-state index contributed by atoms with van der Waals surface area (Å²) < 4.78 is 23.4. The van der Waals surface area contributed by atoms with Crippen LogP contribution in [0.25, 0.3) is 11.3 Å². The maximum atomic E-state index is 12.9. The summed E-state index contributed by atoms with van der Waals surface area (Å²) in [6.07, 6.45) is 2.48. The molecule has 1 aliphatic heterocycles. The number of halogens is 1. The summed E-state index contributed by atoms with van der Waals surface area (Å²) in [5.74, 6) is -0.475. The Morgan fingerprint density at radius 3 is 2.44 bits per heavy atom. The lowest BCUT2D eigenvalue weighted by molar-refractivity contribution is -0.119. The number of aryl methyl sites for hydroxylation is 1. The van der Waals surface area contributed by atoms with E-state index in [2.05, 4.69) is 15.6 Å². The highest BCUT2D eigenvalue weighted by Crippen LogP contribution is 2.34. The first-order valence-electron chi connectivity index (χ1n) is 8.64. The van der Waals surface area contributed by atoms with Crippen molar-refractivity contribution in [1.29, 1.82) is 0 Å². The van der Waals surface area contributed by atoms with E-state index in [4.69, 9.17) is 0 Å². The van der Waals surface area contributed by atoms with Crippen molar-refractivity contribution >= 4 is 44.6 Å². The Labute approximate surface area is 170 Å². The molecule has 0 unspecified atom stereocenters. The van der Waals surface area contributed by atoms with Gasteiger partial charge in [-0.05, 0) is 32.4 Å². The molecule has 1 saturated heterocycles. The summed E-state index contributed by atoms with van der Waals surface area (Å²) in [5.41, 5.74) is 1.83. The van der Waals surface area contributed by atoms with Gasteiger partial charge in [0, 0.05) is 16.7 Å². The van der Waals surface area contributed by atoms with Crippen LogP contribution in [0.15, 0.2) is 30.3 Å². The molecule has 0 aliphatic carbocycles. The van der Waals surface area contributed by atoms with Gasteiger partial charge in [-0.3, -0.25) is 4.79 Å². The van der Waals surface area contributed by atoms with Crippen molar-refractivity contribution in [1.82, 2.24) is 10.3 Å². The lowest BCUT2D eigenvalue weighted by atomic mass is 9.96. The van der Waals surface area contributed by atoms with Gasteiger partial charge in [-0.2, -0.15) is 0 Å². The van der Waals surface area contributed by atoms with Crippen molar-refractivity contribution in [2.24, 2.45) is 0 Å². The number of thiazole rings is 1. The number of nitrogens with one attached hydrogen (secondary N) is 2. The molecule has 2 N–H and O–H groups in total. The first-order chi connectivity index (χ1) is 12.4. The molecule has 0 bridgehead atoms. The maximum Gasteiger partial charge on any atom is 0.247 e. The fourth-order valence-electron chi connectivity index (χ4n) is 3.27. The number of hydrogen-bond donors (Lipinski definition) is 2. The van der Waals surface area contributed by atoms with Crippen molar-refractivity contribution in [3.05, 3.63) is 35.2 Å². The van der Waals surface area contributed by atoms with E-state index in [1.54, 1.807) is 0 Å². The first-order valence-corrected chi connectivity index (χ1v) is 11.3. The largest absolute Gasteiger partial charge is 0.317 e. The molecule has 2 aromatic rings. The zero-order chi connectivity index (χ0) is 18.8. The van der Waals surface area contributed by atoms with Crippen LogP contribution in [0.2, 0.25) is 0 Å². The lowest BCUT2D eigenvalue weighted by Gasteiger charge is -2.33. The molecule has 1 fully saturated rings. The number of benzene rings is 1. The molecule has 1 aliphatic rings. The van der Waals surface area contributed by atoms with Crippen LogP contribution < -0.4 is 10.6 Å². The van der Waals surface area contributed by atoms with Crippen LogP contribution in [0.5, 0.6) is 0 Å². The Balaban J connectivity index is 0.00000261. The number of rotatable bonds is 5. The maximum absolute atomic E-state index is 12.9. The van der Waals surface area contributed by atoms with Crippen molar-refractivity contribution in [3.63, 3.8) is 0 Å². The van der Waals surface area contributed by atoms with Gasteiger partial charge < -0.3 is 10.6 Å². The number of aromatic nitrogens is 1. The van der Waals surface area contributed by atoms with Crippen LogP contribution in [0.3, 0.4) is 0 Å². The number of sulfone groups is 1. The van der Waals surface area contributed by atoms with Gasteiger partial charge in [-0.25, -0.2) is 13.4 Å². The van der Waals surface area contributed by atoms with Crippen molar-refractivity contribution in [2.45, 2.75) is 30.9 Å². The third-order valence-corrected chi connectivity index (χ3v) is 7.95. The molecule has 2 heterocycles. The van der Waals surface area contributed by atoms with E-state index in [1.807, 2.05) is 37.3 Å². The van der Waals surface area contributed by atoms with Gasteiger partial charge >= 0.3 is 0 Å². The lowest BCUT2D eigenvalue weighted by Crippen LogP contribution is -2.55. The molecule has 1 amide bonds. The minimum absolute atomic E-state index is 0. The third-order valence-electron chi connectivity index (χ3n) is 4.82. The molecule has 1 aromatic carbocycles. The average molecular weight is 430 g/mol. The van der Waals surface area contributed by atoms with Crippen LogP contribution in [-0.2, 0) is 21.1 Å². The van der Waals surface area contributed by atoms with Crippen molar-refractivity contribution < 1.29 is 13.2 Å². The number of carbonyl (C=O) groups is 1. The Hall–Kier alpha value is -1.48.